The van der Waals surface area contributed by atoms with Crippen molar-refractivity contribution < 1.29 is 9.53 Å². The highest BCUT2D eigenvalue weighted by molar-refractivity contribution is 5.70. The molecule has 2 fully saturated rings. The van der Waals surface area contributed by atoms with Gasteiger partial charge >= 0.3 is 6.09 Å². The molecule has 1 saturated carbocycles. The van der Waals surface area contributed by atoms with Crippen LogP contribution in [0.3, 0.4) is 0 Å². The fraction of sp³-hybridized carbons (Fsp3) is 0.500. The maximum Gasteiger partial charge on any atom is 0.410 e. The molecule has 1 aliphatic heterocycles. The van der Waals surface area contributed by atoms with Crippen molar-refractivity contribution in [2.24, 2.45) is 5.41 Å². The molecular weight excluding hydrogens is 390 g/mol. The van der Waals surface area contributed by atoms with Crippen molar-refractivity contribution >= 4 is 11.6 Å². The predicted molar refractivity (Wildman–Crippen MR) is 118 cm³/mol. The van der Waals surface area contributed by atoms with Crippen LogP contribution < -0.4 is 0 Å². The first-order valence-electron chi connectivity index (χ1n) is 11.0. The van der Waals surface area contributed by atoms with Crippen LogP contribution in [-0.2, 0) is 4.74 Å². The summed E-state index contributed by atoms with van der Waals surface area (Å²) in [4.78, 5) is 22.4. The maximum atomic E-state index is 12.3. The average molecular weight is 420 g/mol. The van der Waals surface area contributed by atoms with Crippen molar-refractivity contribution in [3.05, 3.63) is 48.8 Å². The Morgan fingerprint density at radius 3 is 2.48 bits per heavy atom. The molecular formula is C24H29N5O2. The van der Waals surface area contributed by atoms with Gasteiger partial charge in [0.2, 0.25) is 0 Å². The Balaban J connectivity index is 1.27. The number of nitrogens with zero attached hydrogens (tertiary/aromatic N) is 5. The highest BCUT2D eigenvalue weighted by Crippen LogP contribution is 2.49. The van der Waals surface area contributed by atoms with Crippen molar-refractivity contribution in [3.63, 3.8) is 0 Å². The van der Waals surface area contributed by atoms with E-state index in [4.69, 9.17) is 4.74 Å². The molecule has 0 radical (unpaired) electrons. The fourth-order valence-electron chi connectivity index (χ4n) is 5.02. The third-order valence-corrected chi connectivity index (χ3v) is 6.64. The van der Waals surface area contributed by atoms with Crippen LogP contribution in [0.1, 0.15) is 57.9 Å². The Kier molecular flexibility index (Phi) is 4.72. The van der Waals surface area contributed by atoms with Gasteiger partial charge in [-0.25, -0.2) is 19.3 Å². The number of hydrogen-bond acceptors (Lipinski definition) is 5. The van der Waals surface area contributed by atoms with Gasteiger partial charge in [-0.3, -0.25) is 0 Å². The molecule has 0 atom stereocenters. The van der Waals surface area contributed by atoms with Gasteiger partial charge in [0, 0.05) is 48.2 Å². The second-order valence-electron chi connectivity index (χ2n) is 10.1. The van der Waals surface area contributed by atoms with Crippen molar-refractivity contribution in [2.45, 2.75) is 58.0 Å². The minimum absolute atomic E-state index is 0.180. The van der Waals surface area contributed by atoms with Crippen molar-refractivity contribution in [3.8, 4) is 11.1 Å². The summed E-state index contributed by atoms with van der Waals surface area (Å²) in [5.41, 5.74) is 4.42. The second-order valence-corrected chi connectivity index (χ2v) is 10.1. The van der Waals surface area contributed by atoms with Gasteiger partial charge < -0.3 is 9.64 Å². The third kappa shape index (κ3) is 3.89. The zero-order valence-electron chi connectivity index (χ0n) is 18.4. The third-order valence-electron chi connectivity index (χ3n) is 6.64. The number of pyridine rings is 1. The lowest BCUT2D eigenvalue weighted by Crippen LogP contribution is -2.60. The zero-order chi connectivity index (χ0) is 21.6. The van der Waals surface area contributed by atoms with Gasteiger partial charge in [0.25, 0.3) is 0 Å². The molecule has 1 spiro atoms. The summed E-state index contributed by atoms with van der Waals surface area (Å²) in [5.74, 6) is 0.501. The minimum atomic E-state index is -0.439. The summed E-state index contributed by atoms with van der Waals surface area (Å²) >= 11 is 0. The van der Waals surface area contributed by atoms with E-state index in [0.717, 1.165) is 55.4 Å². The van der Waals surface area contributed by atoms with E-state index in [1.54, 1.807) is 6.33 Å². The minimum Gasteiger partial charge on any atom is -0.444 e. The van der Waals surface area contributed by atoms with E-state index in [0.29, 0.717) is 5.92 Å². The first-order valence-corrected chi connectivity index (χ1v) is 11.0. The Morgan fingerprint density at radius 2 is 1.81 bits per heavy atom. The summed E-state index contributed by atoms with van der Waals surface area (Å²) in [5, 5.41) is 4.58. The molecule has 0 aromatic carbocycles. The second kappa shape index (κ2) is 7.32. The van der Waals surface area contributed by atoms with Crippen LogP contribution in [0.25, 0.3) is 16.6 Å². The molecule has 7 heteroatoms. The van der Waals surface area contributed by atoms with Crippen molar-refractivity contribution in [1.82, 2.24) is 24.5 Å². The lowest BCUT2D eigenvalue weighted by atomic mass is 9.65. The topological polar surface area (TPSA) is 72.6 Å². The van der Waals surface area contributed by atoms with Gasteiger partial charge in [-0.2, -0.15) is 5.10 Å². The van der Waals surface area contributed by atoms with E-state index in [1.807, 2.05) is 55.0 Å². The van der Waals surface area contributed by atoms with E-state index in [1.165, 1.54) is 5.56 Å². The summed E-state index contributed by atoms with van der Waals surface area (Å²) in [7, 11) is 0. The standard InChI is InChI=1S/C24H29N5O2/c1-23(2,3)31-22(30)28-14-24(15-28)7-4-17(5-8-24)20-13-27-29-9-6-18(10-21(20)29)19-11-25-16-26-12-19/h6,9-13,16-17H,4-5,7-8,14-15H2,1-3H3. The summed E-state index contributed by atoms with van der Waals surface area (Å²) in [6.07, 6.45) is 13.6. The van der Waals surface area contributed by atoms with E-state index >= 15 is 0 Å². The first-order chi connectivity index (χ1) is 14.8. The number of ether oxygens (including phenoxy) is 1. The molecule has 1 saturated heterocycles. The Labute approximate surface area is 182 Å². The van der Waals surface area contributed by atoms with Crippen molar-refractivity contribution in [1.29, 1.82) is 0 Å². The first kappa shape index (κ1) is 20.0. The fourth-order valence-corrected chi connectivity index (χ4v) is 5.02. The molecule has 0 N–H and O–H groups in total. The molecule has 162 valence electrons. The molecule has 7 nitrogen and oxygen atoms in total. The van der Waals surface area contributed by atoms with Gasteiger partial charge in [0.05, 0.1) is 11.7 Å². The van der Waals surface area contributed by atoms with Crippen LogP contribution in [0.4, 0.5) is 4.79 Å². The lowest BCUT2D eigenvalue weighted by molar-refractivity contribution is -0.0505. The highest BCUT2D eigenvalue weighted by atomic mass is 16.6. The highest BCUT2D eigenvalue weighted by Gasteiger charge is 2.48. The van der Waals surface area contributed by atoms with Crippen LogP contribution >= 0.6 is 0 Å². The van der Waals surface area contributed by atoms with Crippen LogP contribution in [0.5, 0.6) is 0 Å². The SMILES string of the molecule is CC(C)(C)OC(=O)N1CC2(CCC(c3cnn4ccc(-c5cncnc5)cc34)CC2)C1. The maximum absolute atomic E-state index is 12.3. The molecule has 0 bridgehead atoms. The number of carbonyl (C=O) groups excluding carboxylic acids is 1. The van der Waals surface area contributed by atoms with E-state index in [9.17, 15) is 4.79 Å². The van der Waals surface area contributed by atoms with Crippen LogP contribution in [0.15, 0.2) is 43.2 Å². The molecule has 5 rings (SSSR count). The van der Waals surface area contributed by atoms with Gasteiger partial charge in [0.1, 0.15) is 11.9 Å². The smallest absolute Gasteiger partial charge is 0.410 e. The number of aromatic nitrogens is 4. The van der Waals surface area contributed by atoms with E-state index in [2.05, 4.69) is 27.2 Å². The van der Waals surface area contributed by atoms with Crippen molar-refractivity contribution in [2.75, 3.05) is 13.1 Å². The number of carbonyl (C=O) groups is 1. The van der Waals surface area contributed by atoms with Gasteiger partial charge in [-0.15, -0.1) is 0 Å². The number of likely N-dealkylation sites (tertiary alicyclic amines) is 1. The quantitative estimate of drug-likeness (QED) is 0.603. The van der Waals surface area contributed by atoms with Gasteiger partial charge in [-0.1, -0.05) is 0 Å². The molecule has 2 aliphatic rings. The van der Waals surface area contributed by atoms with E-state index in [-0.39, 0.29) is 11.5 Å². The summed E-state index contributed by atoms with van der Waals surface area (Å²) in [6.45, 7) is 7.39. The molecule has 3 aromatic heterocycles. The predicted octanol–water partition coefficient (Wildman–Crippen LogP) is 4.69. The summed E-state index contributed by atoms with van der Waals surface area (Å²) in [6, 6.07) is 4.25. The van der Waals surface area contributed by atoms with Gasteiger partial charge in [-0.05, 0) is 70.1 Å². The van der Waals surface area contributed by atoms with Gasteiger partial charge in [0.15, 0.2) is 0 Å². The Bertz CT molecular complexity index is 1090. The molecule has 3 aromatic rings. The monoisotopic (exact) mass is 419 g/mol. The van der Waals surface area contributed by atoms with E-state index < -0.39 is 5.60 Å². The lowest BCUT2D eigenvalue weighted by Gasteiger charge is -2.53. The zero-order valence-corrected chi connectivity index (χ0v) is 18.4. The molecule has 0 unspecified atom stereocenters. The van der Waals surface area contributed by atoms with Crippen LogP contribution in [0, 0.1) is 5.41 Å². The molecule has 1 amide bonds. The number of rotatable bonds is 2. The molecule has 31 heavy (non-hydrogen) atoms. The Hall–Kier alpha value is -2.96. The normalized spacial score (nSPS) is 18.9. The van der Waals surface area contributed by atoms with Crippen LogP contribution in [-0.4, -0.2) is 49.3 Å². The largest absolute Gasteiger partial charge is 0.444 e. The molecule has 4 heterocycles. The summed E-state index contributed by atoms with van der Waals surface area (Å²) < 4.78 is 7.48. The number of amides is 1. The number of fused-ring (bicyclic) bond motifs is 1. The molecule has 1 aliphatic carbocycles. The van der Waals surface area contributed by atoms with Crippen LogP contribution in [0.2, 0.25) is 0 Å². The number of hydrogen-bond donors (Lipinski definition) is 0. The average Bonchev–Trinajstić information content (AvgIpc) is 3.14. The Morgan fingerprint density at radius 1 is 1.10 bits per heavy atom.